The fraction of sp³-hybridized carbons (Fsp3) is 0.222. The summed E-state index contributed by atoms with van der Waals surface area (Å²) in [6, 6.07) is 14.2. The molecule has 0 saturated carbocycles. The molecule has 0 radical (unpaired) electrons. The minimum absolute atomic E-state index is 0.0678. The van der Waals surface area contributed by atoms with E-state index in [1.165, 1.54) is 0 Å². The van der Waals surface area contributed by atoms with E-state index in [-0.39, 0.29) is 19.6 Å². The molecule has 0 bridgehead atoms. The van der Waals surface area contributed by atoms with E-state index in [0.717, 1.165) is 5.56 Å². The van der Waals surface area contributed by atoms with Gasteiger partial charge in [0.2, 0.25) is 0 Å². The molecule has 6 heteroatoms. The minimum atomic E-state index is -0.497. The van der Waals surface area contributed by atoms with Gasteiger partial charge in [-0.25, -0.2) is 0 Å². The number of nitrogens with one attached hydrogen (secondary N) is 1. The Kier molecular flexibility index (Phi) is 6.63. The van der Waals surface area contributed by atoms with Crippen molar-refractivity contribution in [3.63, 3.8) is 0 Å². The molecule has 126 valence electrons. The molecule has 0 heterocycles. The Hall–Kier alpha value is -2.53. The first-order valence-corrected chi connectivity index (χ1v) is 7.81. The van der Waals surface area contributed by atoms with Gasteiger partial charge in [0, 0.05) is 10.7 Å². The lowest BCUT2D eigenvalue weighted by molar-refractivity contribution is -0.147. The largest absolute Gasteiger partial charge is 0.493 e. The zero-order chi connectivity index (χ0) is 17.4. The molecule has 0 atom stereocenters. The standard InChI is InChI=1S/C18H18ClNO4/c1-13-5-7-16(8-6-13)23-10-9-18(22)24-12-17(21)20-15-4-2-3-14(19)11-15/h2-8,11H,9-10,12H2,1H3,(H,20,21). The number of hydrogen-bond donors (Lipinski definition) is 1. The van der Waals surface area contributed by atoms with Crippen molar-refractivity contribution in [2.45, 2.75) is 13.3 Å². The summed E-state index contributed by atoms with van der Waals surface area (Å²) >= 11 is 5.82. The highest BCUT2D eigenvalue weighted by Gasteiger charge is 2.08. The van der Waals surface area contributed by atoms with E-state index >= 15 is 0 Å². The molecule has 0 unspecified atom stereocenters. The Morgan fingerprint density at radius 3 is 2.58 bits per heavy atom. The van der Waals surface area contributed by atoms with Crippen molar-refractivity contribution in [3.8, 4) is 5.75 Å². The van der Waals surface area contributed by atoms with Crippen LogP contribution in [0.2, 0.25) is 5.02 Å². The molecule has 0 aromatic heterocycles. The molecule has 1 N–H and O–H groups in total. The maximum absolute atomic E-state index is 11.7. The SMILES string of the molecule is Cc1ccc(OCCC(=O)OCC(=O)Nc2cccc(Cl)c2)cc1. The third-order valence-corrected chi connectivity index (χ3v) is 3.30. The Bertz CT molecular complexity index is 700. The quantitative estimate of drug-likeness (QED) is 0.777. The molecule has 5 nitrogen and oxygen atoms in total. The Labute approximate surface area is 145 Å². The van der Waals surface area contributed by atoms with Crippen molar-refractivity contribution in [1.29, 1.82) is 0 Å². The molecule has 0 saturated heterocycles. The molecule has 0 aliphatic heterocycles. The van der Waals surface area contributed by atoms with Gasteiger partial charge in [-0.3, -0.25) is 9.59 Å². The third kappa shape index (κ3) is 6.30. The normalized spacial score (nSPS) is 10.1. The molecular formula is C18H18ClNO4. The number of ether oxygens (including phenoxy) is 2. The van der Waals surface area contributed by atoms with Crippen molar-refractivity contribution in [3.05, 3.63) is 59.1 Å². The fourth-order valence-corrected chi connectivity index (χ4v) is 2.06. The summed E-state index contributed by atoms with van der Waals surface area (Å²) in [6.45, 7) is 1.82. The molecule has 2 rings (SSSR count). The van der Waals surface area contributed by atoms with Crippen LogP contribution in [0.4, 0.5) is 5.69 Å². The Morgan fingerprint density at radius 2 is 1.88 bits per heavy atom. The van der Waals surface area contributed by atoms with Crippen LogP contribution >= 0.6 is 11.6 Å². The van der Waals surface area contributed by atoms with E-state index < -0.39 is 11.9 Å². The number of aryl methyl sites for hydroxylation is 1. The highest BCUT2D eigenvalue weighted by molar-refractivity contribution is 6.30. The van der Waals surface area contributed by atoms with Gasteiger partial charge in [0.15, 0.2) is 6.61 Å². The second-order valence-electron chi connectivity index (χ2n) is 5.13. The fourth-order valence-electron chi connectivity index (χ4n) is 1.87. The summed E-state index contributed by atoms with van der Waals surface area (Å²) in [5.74, 6) is -0.236. The first-order valence-electron chi connectivity index (χ1n) is 7.43. The second-order valence-corrected chi connectivity index (χ2v) is 5.57. The van der Waals surface area contributed by atoms with Crippen molar-refractivity contribution in [2.75, 3.05) is 18.5 Å². The average Bonchev–Trinajstić information content (AvgIpc) is 2.55. The zero-order valence-electron chi connectivity index (χ0n) is 13.3. The highest BCUT2D eigenvalue weighted by atomic mass is 35.5. The van der Waals surface area contributed by atoms with Gasteiger partial charge < -0.3 is 14.8 Å². The predicted molar refractivity (Wildman–Crippen MR) is 92.3 cm³/mol. The number of anilines is 1. The third-order valence-electron chi connectivity index (χ3n) is 3.07. The molecule has 2 aromatic rings. The van der Waals surface area contributed by atoms with Crippen LogP contribution in [-0.4, -0.2) is 25.1 Å². The Balaban J connectivity index is 1.65. The van der Waals surface area contributed by atoms with Crippen molar-refractivity contribution in [1.82, 2.24) is 0 Å². The first-order chi connectivity index (χ1) is 11.5. The highest BCUT2D eigenvalue weighted by Crippen LogP contribution is 2.14. The van der Waals surface area contributed by atoms with Crippen LogP contribution in [0, 0.1) is 6.92 Å². The number of hydrogen-bond acceptors (Lipinski definition) is 4. The molecule has 0 aliphatic rings. The molecule has 24 heavy (non-hydrogen) atoms. The number of carbonyl (C=O) groups is 2. The molecule has 2 aromatic carbocycles. The van der Waals surface area contributed by atoms with Crippen LogP contribution in [0.1, 0.15) is 12.0 Å². The summed E-state index contributed by atoms with van der Waals surface area (Å²) in [5.41, 5.74) is 1.68. The molecule has 0 spiro atoms. The smallest absolute Gasteiger partial charge is 0.309 e. The van der Waals surface area contributed by atoms with Crippen molar-refractivity contribution < 1.29 is 19.1 Å². The van der Waals surface area contributed by atoms with Crippen LogP contribution in [-0.2, 0) is 14.3 Å². The van der Waals surface area contributed by atoms with Gasteiger partial charge in [-0.2, -0.15) is 0 Å². The maximum atomic E-state index is 11.7. The van der Waals surface area contributed by atoms with Crippen LogP contribution in [0.3, 0.4) is 0 Å². The van der Waals surface area contributed by atoms with E-state index in [1.807, 2.05) is 31.2 Å². The van der Waals surface area contributed by atoms with Crippen molar-refractivity contribution in [2.24, 2.45) is 0 Å². The summed E-state index contributed by atoms with van der Waals surface area (Å²) < 4.78 is 10.3. The van der Waals surface area contributed by atoms with Crippen LogP contribution < -0.4 is 10.1 Å². The lowest BCUT2D eigenvalue weighted by atomic mass is 10.2. The molecular weight excluding hydrogens is 330 g/mol. The van der Waals surface area contributed by atoms with Gasteiger partial charge in [-0.15, -0.1) is 0 Å². The average molecular weight is 348 g/mol. The van der Waals surface area contributed by atoms with E-state index in [4.69, 9.17) is 21.1 Å². The molecule has 0 aliphatic carbocycles. The number of halogens is 1. The van der Waals surface area contributed by atoms with E-state index in [2.05, 4.69) is 5.32 Å². The van der Waals surface area contributed by atoms with Crippen LogP contribution in [0.15, 0.2) is 48.5 Å². The zero-order valence-corrected chi connectivity index (χ0v) is 14.0. The van der Waals surface area contributed by atoms with Gasteiger partial charge >= 0.3 is 5.97 Å². The predicted octanol–water partition coefficient (Wildman–Crippen LogP) is 3.60. The Morgan fingerprint density at radius 1 is 1.12 bits per heavy atom. The van der Waals surface area contributed by atoms with E-state index in [9.17, 15) is 9.59 Å². The lowest BCUT2D eigenvalue weighted by Gasteiger charge is -2.08. The topological polar surface area (TPSA) is 64.6 Å². The maximum Gasteiger partial charge on any atom is 0.309 e. The summed E-state index contributed by atoms with van der Waals surface area (Å²) in [5, 5.41) is 3.11. The van der Waals surface area contributed by atoms with Gasteiger partial charge in [0.25, 0.3) is 5.91 Å². The van der Waals surface area contributed by atoms with Gasteiger partial charge in [-0.05, 0) is 37.3 Å². The number of carbonyl (C=O) groups excluding carboxylic acids is 2. The monoisotopic (exact) mass is 347 g/mol. The number of benzene rings is 2. The van der Waals surface area contributed by atoms with Crippen LogP contribution in [0.5, 0.6) is 5.75 Å². The number of esters is 1. The minimum Gasteiger partial charge on any atom is -0.493 e. The van der Waals surface area contributed by atoms with E-state index in [1.54, 1.807) is 24.3 Å². The number of rotatable bonds is 7. The van der Waals surface area contributed by atoms with Gasteiger partial charge in [0.05, 0.1) is 13.0 Å². The first kappa shape index (κ1) is 17.8. The van der Waals surface area contributed by atoms with E-state index in [0.29, 0.717) is 16.5 Å². The summed E-state index contributed by atoms with van der Waals surface area (Å²) in [4.78, 5) is 23.3. The number of amides is 1. The van der Waals surface area contributed by atoms with Crippen LogP contribution in [0.25, 0.3) is 0 Å². The van der Waals surface area contributed by atoms with Gasteiger partial charge in [0.1, 0.15) is 5.75 Å². The van der Waals surface area contributed by atoms with Gasteiger partial charge in [-0.1, -0.05) is 35.4 Å². The molecule has 1 amide bonds. The summed E-state index contributed by atoms with van der Waals surface area (Å²) in [6.07, 6.45) is 0.0678. The van der Waals surface area contributed by atoms with Crippen molar-refractivity contribution >= 4 is 29.2 Å². The second kappa shape index (κ2) is 8.93. The summed E-state index contributed by atoms with van der Waals surface area (Å²) in [7, 11) is 0. The lowest BCUT2D eigenvalue weighted by Crippen LogP contribution is -2.21. The molecule has 0 fully saturated rings.